The van der Waals surface area contributed by atoms with Crippen molar-refractivity contribution in [1.82, 2.24) is 15.5 Å². The summed E-state index contributed by atoms with van der Waals surface area (Å²) in [6.07, 6.45) is 6.84. The van der Waals surface area contributed by atoms with E-state index < -0.39 is 0 Å². The van der Waals surface area contributed by atoms with Gasteiger partial charge in [0.25, 0.3) is 0 Å². The van der Waals surface area contributed by atoms with Crippen LogP contribution in [0.4, 0.5) is 5.69 Å². The van der Waals surface area contributed by atoms with Gasteiger partial charge in [-0.3, -0.25) is 9.79 Å². The minimum atomic E-state index is 0.0984. The summed E-state index contributed by atoms with van der Waals surface area (Å²) in [6, 6.07) is 8.54. The molecule has 158 valence electrons. The van der Waals surface area contributed by atoms with E-state index in [1.165, 1.54) is 43.4 Å². The Kier molecular flexibility index (Phi) is 6.53. The fourth-order valence-corrected chi connectivity index (χ4v) is 6.29. The van der Waals surface area contributed by atoms with Crippen LogP contribution in [-0.4, -0.2) is 67.0 Å². The van der Waals surface area contributed by atoms with Crippen molar-refractivity contribution in [3.05, 3.63) is 29.8 Å². The maximum Gasteiger partial charge on any atom is 0.239 e. The van der Waals surface area contributed by atoms with Crippen LogP contribution in [0.15, 0.2) is 29.3 Å². The van der Waals surface area contributed by atoms with Gasteiger partial charge in [-0.2, -0.15) is 11.8 Å². The number of hydrogen-bond acceptors (Lipinski definition) is 4. The van der Waals surface area contributed by atoms with Crippen LogP contribution in [0.5, 0.6) is 0 Å². The summed E-state index contributed by atoms with van der Waals surface area (Å²) in [4.78, 5) is 20.8. The molecule has 7 heteroatoms. The molecule has 1 saturated carbocycles. The standard InChI is InChI=1S/C22H33N5OS/c1-23-21(27-13-14-29-22(17-27)9-3-2-4-10-22)25-15-18-5-7-19(8-6-18)26-12-11-24-20(28)16-26/h5-8H,2-4,9-17H2,1H3,(H,23,25)(H,24,28). The van der Waals surface area contributed by atoms with E-state index in [2.05, 4.69) is 61.5 Å². The van der Waals surface area contributed by atoms with Gasteiger partial charge in [0.1, 0.15) is 0 Å². The molecule has 0 aromatic heterocycles. The van der Waals surface area contributed by atoms with E-state index in [0.29, 0.717) is 17.8 Å². The first-order valence-corrected chi connectivity index (χ1v) is 11.9. The zero-order chi connectivity index (χ0) is 20.1. The third-order valence-corrected chi connectivity index (χ3v) is 7.85. The first kappa shape index (κ1) is 20.4. The lowest BCUT2D eigenvalue weighted by molar-refractivity contribution is -0.120. The van der Waals surface area contributed by atoms with E-state index in [1.807, 2.05) is 7.05 Å². The maximum atomic E-state index is 11.6. The Bertz CT molecular complexity index is 724. The number of carbonyl (C=O) groups excluding carboxylic acids is 1. The SMILES string of the molecule is CN=C(NCc1ccc(N2CCNC(=O)C2)cc1)N1CCSC2(CCCCC2)C1. The van der Waals surface area contributed by atoms with Gasteiger partial charge in [-0.1, -0.05) is 31.4 Å². The number of aliphatic imine (C=N–C) groups is 1. The van der Waals surface area contributed by atoms with Crippen molar-refractivity contribution < 1.29 is 4.79 Å². The summed E-state index contributed by atoms with van der Waals surface area (Å²) in [5, 5.41) is 6.45. The van der Waals surface area contributed by atoms with E-state index in [-0.39, 0.29) is 5.91 Å². The summed E-state index contributed by atoms with van der Waals surface area (Å²) in [7, 11) is 1.89. The van der Waals surface area contributed by atoms with E-state index >= 15 is 0 Å². The van der Waals surface area contributed by atoms with E-state index in [0.717, 1.165) is 37.8 Å². The van der Waals surface area contributed by atoms with Crippen LogP contribution >= 0.6 is 11.8 Å². The Morgan fingerprint density at radius 2 is 2.00 bits per heavy atom. The lowest BCUT2D eigenvalue weighted by Gasteiger charge is -2.45. The number of guanidine groups is 1. The molecule has 1 aliphatic carbocycles. The van der Waals surface area contributed by atoms with Gasteiger partial charge in [-0.05, 0) is 30.5 Å². The minimum Gasteiger partial charge on any atom is -0.360 e. The molecule has 3 aliphatic rings. The molecule has 1 aromatic rings. The Hall–Kier alpha value is -1.89. The Balaban J connectivity index is 1.33. The highest BCUT2D eigenvalue weighted by molar-refractivity contribution is 8.00. The van der Waals surface area contributed by atoms with Crippen LogP contribution in [0, 0.1) is 0 Å². The number of nitrogens with zero attached hydrogens (tertiary/aromatic N) is 3. The van der Waals surface area contributed by atoms with Crippen molar-refractivity contribution in [2.75, 3.05) is 50.4 Å². The van der Waals surface area contributed by atoms with Gasteiger partial charge in [-0.15, -0.1) is 0 Å². The highest BCUT2D eigenvalue weighted by atomic mass is 32.2. The number of thioether (sulfide) groups is 1. The van der Waals surface area contributed by atoms with Crippen LogP contribution in [0.2, 0.25) is 0 Å². The van der Waals surface area contributed by atoms with Crippen molar-refractivity contribution in [3.63, 3.8) is 0 Å². The average Bonchev–Trinajstić information content (AvgIpc) is 2.75. The summed E-state index contributed by atoms with van der Waals surface area (Å²) in [5.74, 6) is 2.31. The smallest absolute Gasteiger partial charge is 0.239 e. The summed E-state index contributed by atoms with van der Waals surface area (Å²) < 4.78 is 0.441. The molecular weight excluding hydrogens is 382 g/mol. The van der Waals surface area contributed by atoms with Crippen molar-refractivity contribution in [2.24, 2.45) is 4.99 Å². The summed E-state index contributed by atoms with van der Waals surface area (Å²) in [5.41, 5.74) is 2.34. The first-order valence-electron chi connectivity index (χ1n) is 10.9. The predicted octanol–water partition coefficient (Wildman–Crippen LogP) is 2.45. The van der Waals surface area contributed by atoms with Gasteiger partial charge in [-0.25, -0.2) is 0 Å². The second kappa shape index (κ2) is 9.28. The molecule has 0 bridgehead atoms. The predicted molar refractivity (Wildman–Crippen MR) is 122 cm³/mol. The zero-order valence-corrected chi connectivity index (χ0v) is 18.3. The number of nitrogens with one attached hydrogen (secondary N) is 2. The quantitative estimate of drug-likeness (QED) is 0.587. The number of carbonyl (C=O) groups is 1. The van der Waals surface area contributed by atoms with Crippen LogP contribution in [0.1, 0.15) is 37.7 Å². The molecule has 2 aliphatic heterocycles. The lowest BCUT2D eigenvalue weighted by atomic mass is 9.87. The molecule has 0 radical (unpaired) electrons. The molecule has 2 heterocycles. The molecule has 29 heavy (non-hydrogen) atoms. The molecule has 3 fully saturated rings. The molecule has 0 atom stereocenters. The molecule has 2 saturated heterocycles. The molecule has 1 amide bonds. The van der Waals surface area contributed by atoms with Gasteiger partial charge in [0.05, 0.1) is 6.54 Å². The third-order valence-electron chi connectivity index (χ3n) is 6.32. The van der Waals surface area contributed by atoms with Gasteiger partial charge in [0.2, 0.25) is 5.91 Å². The number of piperazine rings is 1. The molecule has 1 aromatic carbocycles. The van der Waals surface area contributed by atoms with Crippen molar-refractivity contribution in [2.45, 2.75) is 43.4 Å². The number of hydrogen-bond donors (Lipinski definition) is 2. The zero-order valence-electron chi connectivity index (χ0n) is 17.5. The second-order valence-electron chi connectivity index (χ2n) is 8.35. The lowest BCUT2D eigenvalue weighted by Crippen LogP contribution is -2.53. The molecule has 4 rings (SSSR count). The summed E-state index contributed by atoms with van der Waals surface area (Å²) in [6.45, 7) is 4.98. The Labute approximate surface area is 178 Å². The largest absolute Gasteiger partial charge is 0.360 e. The summed E-state index contributed by atoms with van der Waals surface area (Å²) >= 11 is 2.19. The molecule has 0 unspecified atom stereocenters. The topological polar surface area (TPSA) is 60.0 Å². The van der Waals surface area contributed by atoms with E-state index in [1.54, 1.807) is 0 Å². The van der Waals surface area contributed by atoms with Crippen LogP contribution in [-0.2, 0) is 11.3 Å². The highest BCUT2D eigenvalue weighted by Crippen LogP contribution is 2.42. The molecule has 6 nitrogen and oxygen atoms in total. The normalized spacial score (nSPS) is 22.5. The fourth-order valence-electron chi connectivity index (χ4n) is 4.72. The van der Waals surface area contributed by atoms with Crippen molar-refractivity contribution in [1.29, 1.82) is 0 Å². The highest BCUT2D eigenvalue weighted by Gasteiger charge is 2.38. The number of rotatable bonds is 3. The van der Waals surface area contributed by atoms with Gasteiger partial charge >= 0.3 is 0 Å². The van der Waals surface area contributed by atoms with E-state index in [4.69, 9.17) is 0 Å². The monoisotopic (exact) mass is 415 g/mol. The van der Waals surface area contributed by atoms with Crippen LogP contribution in [0.25, 0.3) is 0 Å². The van der Waals surface area contributed by atoms with Gasteiger partial charge in [0.15, 0.2) is 5.96 Å². The number of benzene rings is 1. The Morgan fingerprint density at radius 1 is 1.21 bits per heavy atom. The number of anilines is 1. The van der Waals surface area contributed by atoms with Gasteiger partial charge in [0, 0.05) is 56.0 Å². The molecule has 2 N–H and O–H groups in total. The van der Waals surface area contributed by atoms with E-state index in [9.17, 15) is 4.79 Å². The third kappa shape index (κ3) is 5.00. The Morgan fingerprint density at radius 3 is 2.72 bits per heavy atom. The van der Waals surface area contributed by atoms with Crippen molar-refractivity contribution in [3.8, 4) is 0 Å². The average molecular weight is 416 g/mol. The first-order chi connectivity index (χ1) is 14.2. The molecule has 1 spiro atoms. The van der Waals surface area contributed by atoms with Gasteiger partial charge < -0.3 is 20.4 Å². The maximum absolute atomic E-state index is 11.6. The fraction of sp³-hybridized carbons (Fsp3) is 0.636. The number of amides is 1. The van der Waals surface area contributed by atoms with Crippen molar-refractivity contribution >= 4 is 29.3 Å². The second-order valence-corrected chi connectivity index (χ2v) is 9.92. The van der Waals surface area contributed by atoms with Crippen LogP contribution < -0.4 is 15.5 Å². The van der Waals surface area contributed by atoms with Crippen LogP contribution in [0.3, 0.4) is 0 Å². The minimum absolute atomic E-state index is 0.0984. The molecular formula is C22H33N5OS.